The van der Waals surface area contributed by atoms with Gasteiger partial charge >= 0.3 is 0 Å². The van der Waals surface area contributed by atoms with Gasteiger partial charge in [-0.05, 0) is 49.9 Å². The number of aryl methyl sites for hydroxylation is 1. The topological polar surface area (TPSA) is 118 Å². The normalized spacial score (nSPS) is 14.4. The number of nitrogens with one attached hydrogen (secondary N) is 1. The maximum atomic E-state index is 12.5. The van der Waals surface area contributed by atoms with Crippen molar-refractivity contribution < 1.29 is 13.2 Å². The summed E-state index contributed by atoms with van der Waals surface area (Å²) in [4.78, 5) is 23.1. The summed E-state index contributed by atoms with van der Waals surface area (Å²) in [5.74, 6) is 0.360. The average molecular weight is 389 g/mol. The predicted octanol–water partition coefficient (Wildman–Crippen LogP) is 1.32. The fourth-order valence-corrected chi connectivity index (χ4v) is 3.52. The summed E-state index contributed by atoms with van der Waals surface area (Å²) in [5, 5.41) is 8.22. The molecule has 1 aliphatic rings. The summed E-state index contributed by atoms with van der Waals surface area (Å²) in [6.07, 6.45) is 2.72. The molecule has 1 saturated heterocycles. The lowest BCUT2D eigenvalue weighted by atomic mass is 10.1. The zero-order chi connectivity index (χ0) is 19.4. The molecule has 0 aliphatic carbocycles. The number of carbonyl (C=O) groups is 1. The Morgan fingerprint density at radius 1 is 1.19 bits per heavy atom. The Bertz CT molecular complexity index is 923. The van der Waals surface area contributed by atoms with E-state index in [0.717, 1.165) is 37.2 Å². The fraction of sp³-hybridized carbons (Fsp3) is 0.389. The van der Waals surface area contributed by atoms with Crippen molar-refractivity contribution >= 4 is 21.9 Å². The van der Waals surface area contributed by atoms with Gasteiger partial charge in [0.15, 0.2) is 0 Å². The quantitative estimate of drug-likeness (QED) is 0.769. The molecule has 2 aromatic rings. The Morgan fingerprint density at radius 2 is 1.85 bits per heavy atom. The Labute approximate surface area is 158 Å². The van der Waals surface area contributed by atoms with Gasteiger partial charge in [0, 0.05) is 25.3 Å². The second kappa shape index (κ2) is 8.01. The second-order valence-corrected chi connectivity index (χ2v) is 8.14. The number of nitrogens with zero attached hydrogens (tertiary/aromatic N) is 3. The molecule has 0 bridgehead atoms. The van der Waals surface area contributed by atoms with Crippen LogP contribution < -0.4 is 10.5 Å². The van der Waals surface area contributed by atoms with Crippen molar-refractivity contribution in [2.24, 2.45) is 5.14 Å². The summed E-state index contributed by atoms with van der Waals surface area (Å²) >= 11 is 0. The fourth-order valence-electron chi connectivity index (χ4n) is 3.00. The molecular formula is C18H23N5O3S. The Hall–Kier alpha value is -2.52. The summed E-state index contributed by atoms with van der Waals surface area (Å²) < 4.78 is 22.6. The summed E-state index contributed by atoms with van der Waals surface area (Å²) in [6, 6.07) is 8.13. The van der Waals surface area contributed by atoms with E-state index in [9.17, 15) is 13.2 Å². The zero-order valence-electron chi connectivity index (χ0n) is 15.2. The van der Waals surface area contributed by atoms with E-state index in [1.165, 1.54) is 12.1 Å². The zero-order valence-corrected chi connectivity index (χ0v) is 16.0. The molecular weight excluding hydrogens is 366 g/mol. The first-order valence-corrected chi connectivity index (χ1v) is 10.4. The lowest BCUT2D eigenvalue weighted by Gasteiger charge is -2.15. The van der Waals surface area contributed by atoms with Crippen LogP contribution in [0, 0.1) is 6.92 Å². The van der Waals surface area contributed by atoms with Gasteiger partial charge in [-0.2, -0.15) is 0 Å². The van der Waals surface area contributed by atoms with Crippen LogP contribution in [0.25, 0.3) is 0 Å². The smallest absolute Gasteiger partial charge is 0.272 e. The lowest BCUT2D eigenvalue weighted by molar-refractivity contribution is 0.0787. The molecule has 27 heavy (non-hydrogen) atoms. The number of carbonyl (C=O) groups excluding carboxylic acids is 1. The van der Waals surface area contributed by atoms with Gasteiger partial charge in [-0.1, -0.05) is 12.1 Å². The third kappa shape index (κ3) is 5.01. The van der Waals surface area contributed by atoms with Crippen molar-refractivity contribution in [3.8, 4) is 0 Å². The van der Waals surface area contributed by atoms with Gasteiger partial charge in [0.1, 0.15) is 5.69 Å². The number of rotatable bonds is 6. The van der Waals surface area contributed by atoms with Crippen LogP contribution in [0.5, 0.6) is 0 Å². The van der Waals surface area contributed by atoms with E-state index in [-0.39, 0.29) is 10.8 Å². The van der Waals surface area contributed by atoms with E-state index in [0.29, 0.717) is 24.6 Å². The number of likely N-dealkylation sites (tertiary alicyclic amines) is 1. The molecule has 144 valence electrons. The molecule has 0 radical (unpaired) electrons. The van der Waals surface area contributed by atoms with Gasteiger partial charge in [-0.25, -0.2) is 23.5 Å². The average Bonchev–Trinajstić information content (AvgIpc) is 3.15. The van der Waals surface area contributed by atoms with E-state index in [4.69, 9.17) is 5.14 Å². The third-order valence-electron chi connectivity index (χ3n) is 4.42. The molecule has 1 aromatic heterocycles. The lowest BCUT2D eigenvalue weighted by Crippen LogP contribution is -2.28. The molecule has 0 spiro atoms. The number of hydrogen-bond donors (Lipinski definition) is 2. The molecule has 0 atom stereocenters. The Morgan fingerprint density at radius 3 is 2.48 bits per heavy atom. The number of amides is 1. The number of hydrogen-bond acceptors (Lipinski definition) is 6. The molecule has 1 aromatic carbocycles. The van der Waals surface area contributed by atoms with Gasteiger partial charge in [-0.3, -0.25) is 4.79 Å². The molecule has 1 fully saturated rings. The van der Waals surface area contributed by atoms with Gasteiger partial charge in [0.05, 0.1) is 4.90 Å². The van der Waals surface area contributed by atoms with Gasteiger partial charge in [0.25, 0.3) is 5.91 Å². The van der Waals surface area contributed by atoms with E-state index >= 15 is 0 Å². The number of primary sulfonamides is 1. The number of aromatic nitrogens is 2. The summed E-state index contributed by atoms with van der Waals surface area (Å²) in [6.45, 7) is 3.94. The standard InChI is InChI=1S/C18H23N5O3S/c1-13-12-16(17(24)23-10-2-3-11-23)22-18(21-13)20-9-8-14-4-6-15(7-5-14)27(19,25)26/h4-7,12H,2-3,8-11H2,1H3,(H2,19,25,26)(H,20,21,22). The minimum Gasteiger partial charge on any atom is -0.354 e. The van der Waals surface area contributed by atoms with Crippen molar-refractivity contribution in [3.05, 3.63) is 47.3 Å². The predicted molar refractivity (Wildman–Crippen MR) is 102 cm³/mol. The number of sulfonamides is 1. The molecule has 8 nitrogen and oxygen atoms in total. The maximum absolute atomic E-state index is 12.5. The number of benzene rings is 1. The van der Waals surface area contributed by atoms with Crippen LogP contribution in [0.15, 0.2) is 35.2 Å². The molecule has 1 amide bonds. The molecule has 3 rings (SSSR count). The largest absolute Gasteiger partial charge is 0.354 e. The van der Waals surface area contributed by atoms with Crippen LogP contribution in [0.3, 0.4) is 0 Å². The van der Waals surface area contributed by atoms with Crippen LogP contribution in [0.4, 0.5) is 5.95 Å². The van der Waals surface area contributed by atoms with E-state index in [1.54, 1.807) is 18.2 Å². The SMILES string of the molecule is Cc1cc(C(=O)N2CCCC2)nc(NCCc2ccc(S(N)(=O)=O)cc2)n1. The molecule has 1 aliphatic heterocycles. The van der Waals surface area contributed by atoms with Crippen LogP contribution in [0.2, 0.25) is 0 Å². The van der Waals surface area contributed by atoms with Gasteiger partial charge in [-0.15, -0.1) is 0 Å². The second-order valence-electron chi connectivity index (χ2n) is 6.58. The molecule has 0 saturated carbocycles. The highest BCUT2D eigenvalue weighted by molar-refractivity contribution is 7.89. The third-order valence-corrected chi connectivity index (χ3v) is 5.34. The highest BCUT2D eigenvalue weighted by Crippen LogP contribution is 2.14. The maximum Gasteiger partial charge on any atom is 0.272 e. The highest BCUT2D eigenvalue weighted by atomic mass is 32.2. The van der Waals surface area contributed by atoms with Crippen molar-refractivity contribution in [2.75, 3.05) is 25.0 Å². The summed E-state index contributed by atoms with van der Waals surface area (Å²) in [7, 11) is -3.68. The molecule has 9 heteroatoms. The molecule has 3 N–H and O–H groups in total. The van der Waals surface area contributed by atoms with Gasteiger partial charge < -0.3 is 10.2 Å². The van der Waals surface area contributed by atoms with Crippen molar-refractivity contribution in [3.63, 3.8) is 0 Å². The molecule has 2 heterocycles. The van der Waals surface area contributed by atoms with E-state index in [2.05, 4.69) is 15.3 Å². The molecule has 0 unspecified atom stereocenters. The Balaban J connectivity index is 1.61. The number of anilines is 1. The number of nitrogens with two attached hydrogens (primary N) is 1. The first kappa shape index (κ1) is 19.2. The van der Waals surface area contributed by atoms with Crippen LogP contribution in [-0.2, 0) is 16.4 Å². The van der Waals surface area contributed by atoms with E-state index in [1.807, 2.05) is 11.8 Å². The minimum atomic E-state index is -3.68. The van der Waals surface area contributed by atoms with E-state index < -0.39 is 10.0 Å². The van der Waals surface area contributed by atoms with Crippen molar-refractivity contribution in [1.29, 1.82) is 0 Å². The summed E-state index contributed by atoms with van der Waals surface area (Å²) in [5.41, 5.74) is 2.09. The highest BCUT2D eigenvalue weighted by Gasteiger charge is 2.21. The first-order valence-electron chi connectivity index (χ1n) is 8.83. The van der Waals surface area contributed by atoms with Gasteiger partial charge in [0.2, 0.25) is 16.0 Å². The van der Waals surface area contributed by atoms with Crippen LogP contribution in [-0.4, -0.2) is 48.8 Å². The van der Waals surface area contributed by atoms with Crippen molar-refractivity contribution in [1.82, 2.24) is 14.9 Å². The first-order chi connectivity index (χ1) is 12.8. The van der Waals surface area contributed by atoms with Crippen molar-refractivity contribution in [2.45, 2.75) is 31.1 Å². The monoisotopic (exact) mass is 389 g/mol. The minimum absolute atomic E-state index is 0.0559. The Kier molecular flexibility index (Phi) is 5.71. The van der Waals surface area contributed by atoms with Crippen LogP contribution in [0.1, 0.15) is 34.6 Å². The van der Waals surface area contributed by atoms with Crippen LogP contribution >= 0.6 is 0 Å².